The van der Waals surface area contributed by atoms with Crippen LogP contribution in [-0.4, -0.2) is 0 Å². The fourth-order valence-electron chi connectivity index (χ4n) is 2.29. The number of nitrogens with two attached hydrogens (primary N) is 1. The van der Waals surface area contributed by atoms with Gasteiger partial charge in [-0.25, -0.2) is 8.78 Å². The molecule has 0 saturated heterocycles. The fourth-order valence-corrected chi connectivity index (χ4v) is 2.29. The maximum Gasteiger partial charge on any atom is 0.128 e. The Morgan fingerprint density at radius 2 is 1.79 bits per heavy atom. The SMILES string of the molecule is CCC(N)(Cc1cccc(F)c1)c1ccccc1F. The summed E-state index contributed by atoms with van der Waals surface area (Å²) in [6.45, 7) is 1.91. The van der Waals surface area contributed by atoms with E-state index in [4.69, 9.17) is 5.73 Å². The summed E-state index contributed by atoms with van der Waals surface area (Å²) in [7, 11) is 0. The lowest BCUT2D eigenvalue weighted by atomic mass is 9.82. The zero-order chi connectivity index (χ0) is 13.9. The van der Waals surface area contributed by atoms with Gasteiger partial charge in [0.1, 0.15) is 11.6 Å². The van der Waals surface area contributed by atoms with Crippen molar-refractivity contribution in [2.75, 3.05) is 0 Å². The molecule has 0 bridgehead atoms. The summed E-state index contributed by atoms with van der Waals surface area (Å²) in [6.07, 6.45) is 0.979. The zero-order valence-corrected chi connectivity index (χ0v) is 10.9. The fraction of sp³-hybridized carbons (Fsp3) is 0.250. The Labute approximate surface area is 112 Å². The minimum Gasteiger partial charge on any atom is -0.321 e. The molecular formula is C16H17F2N. The molecule has 3 heteroatoms. The molecule has 0 aromatic heterocycles. The molecule has 0 amide bonds. The highest BCUT2D eigenvalue weighted by Crippen LogP contribution is 2.28. The van der Waals surface area contributed by atoms with Gasteiger partial charge < -0.3 is 5.73 Å². The van der Waals surface area contributed by atoms with Crippen LogP contribution in [-0.2, 0) is 12.0 Å². The van der Waals surface area contributed by atoms with Crippen molar-refractivity contribution in [1.29, 1.82) is 0 Å². The highest BCUT2D eigenvalue weighted by Gasteiger charge is 2.28. The molecule has 2 N–H and O–H groups in total. The topological polar surface area (TPSA) is 26.0 Å². The molecule has 0 aliphatic carbocycles. The third-order valence-corrected chi connectivity index (χ3v) is 3.45. The molecular weight excluding hydrogens is 244 g/mol. The van der Waals surface area contributed by atoms with Crippen LogP contribution in [0.1, 0.15) is 24.5 Å². The van der Waals surface area contributed by atoms with Crippen LogP contribution in [0.2, 0.25) is 0 Å². The lowest BCUT2D eigenvalue weighted by Crippen LogP contribution is -2.39. The molecule has 0 aliphatic heterocycles. The summed E-state index contributed by atoms with van der Waals surface area (Å²) in [4.78, 5) is 0. The van der Waals surface area contributed by atoms with Crippen molar-refractivity contribution in [3.05, 3.63) is 71.3 Å². The highest BCUT2D eigenvalue weighted by atomic mass is 19.1. The van der Waals surface area contributed by atoms with Gasteiger partial charge in [0.2, 0.25) is 0 Å². The van der Waals surface area contributed by atoms with E-state index in [2.05, 4.69) is 0 Å². The Morgan fingerprint density at radius 3 is 2.42 bits per heavy atom. The summed E-state index contributed by atoms with van der Waals surface area (Å²) in [5.41, 5.74) is 6.76. The third-order valence-electron chi connectivity index (χ3n) is 3.45. The first-order chi connectivity index (χ1) is 9.05. The van der Waals surface area contributed by atoms with Gasteiger partial charge in [-0.1, -0.05) is 37.3 Å². The number of halogens is 2. The van der Waals surface area contributed by atoms with Gasteiger partial charge in [-0.2, -0.15) is 0 Å². The minimum atomic E-state index is -0.820. The lowest BCUT2D eigenvalue weighted by Gasteiger charge is -2.29. The molecule has 2 aromatic rings. The van der Waals surface area contributed by atoms with Crippen molar-refractivity contribution in [3.8, 4) is 0 Å². The van der Waals surface area contributed by atoms with Crippen LogP contribution in [0.4, 0.5) is 8.78 Å². The van der Waals surface area contributed by atoms with Crippen LogP contribution >= 0.6 is 0 Å². The third kappa shape index (κ3) is 2.99. The summed E-state index contributed by atoms with van der Waals surface area (Å²) >= 11 is 0. The van der Waals surface area contributed by atoms with E-state index in [0.717, 1.165) is 5.56 Å². The summed E-state index contributed by atoms with van der Waals surface area (Å²) in [5, 5.41) is 0. The number of hydrogen-bond donors (Lipinski definition) is 1. The molecule has 2 rings (SSSR count). The van der Waals surface area contributed by atoms with Crippen molar-refractivity contribution in [3.63, 3.8) is 0 Å². The smallest absolute Gasteiger partial charge is 0.128 e. The molecule has 0 radical (unpaired) electrons. The first-order valence-electron chi connectivity index (χ1n) is 6.33. The van der Waals surface area contributed by atoms with Crippen LogP contribution < -0.4 is 5.73 Å². The average Bonchev–Trinajstić information content (AvgIpc) is 2.39. The second-order valence-electron chi connectivity index (χ2n) is 4.80. The Balaban J connectivity index is 2.36. The number of rotatable bonds is 4. The van der Waals surface area contributed by atoms with Gasteiger partial charge in [-0.3, -0.25) is 0 Å². The van der Waals surface area contributed by atoms with Crippen molar-refractivity contribution in [1.82, 2.24) is 0 Å². The molecule has 0 heterocycles. The average molecular weight is 261 g/mol. The molecule has 1 atom stereocenters. The molecule has 1 nitrogen and oxygen atoms in total. The van der Waals surface area contributed by atoms with Gasteiger partial charge in [0.25, 0.3) is 0 Å². The zero-order valence-electron chi connectivity index (χ0n) is 10.9. The quantitative estimate of drug-likeness (QED) is 0.890. The predicted molar refractivity (Wildman–Crippen MR) is 72.7 cm³/mol. The number of benzene rings is 2. The van der Waals surface area contributed by atoms with E-state index in [1.165, 1.54) is 18.2 Å². The van der Waals surface area contributed by atoms with Crippen LogP contribution in [0.25, 0.3) is 0 Å². The van der Waals surface area contributed by atoms with Gasteiger partial charge in [-0.05, 0) is 36.6 Å². The molecule has 0 aliphatic rings. The predicted octanol–water partition coefficient (Wildman–Crippen LogP) is 3.77. The summed E-state index contributed by atoms with van der Waals surface area (Å²) in [5.74, 6) is -0.618. The second kappa shape index (κ2) is 5.49. The standard InChI is InChI=1S/C16H17F2N/c1-2-16(19,14-8-3-4-9-15(14)18)11-12-6-5-7-13(17)10-12/h3-10H,2,11,19H2,1H3. The maximum absolute atomic E-state index is 13.9. The molecule has 0 saturated carbocycles. The van der Waals surface area contributed by atoms with Crippen molar-refractivity contribution >= 4 is 0 Å². The van der Waals surface area contributed by atoms with Crippen molar-refractivity contribution in [2.45, 2.75) is 25.3 Å². The summed E-state index contributed by atoms with van der Waals surface area (Å²) < 4.78 is 27.1. The second-order valence-corrected chi connectivity index (χ2v) is 4.80. The van der Waals surface area contributed by atoms with Crippen molar-refractivity contribution in [2.24, 2.45) is 5.73 Å². The molecule has 1 unspecified atom stereocenters. The van der Waals surface area contributed by atoms with E-state index < -0.39 is 5.54 Å². The lowest BCUT2D eigenvalue weighted by molar-refractivity contribution is 0.402. The van der Waals surface area contributed by atoms with Gasteiger partial charge in [0.05, 0.1) is 0 Å². The normalized spacial score (nSPS) is 14.1. The Morgan fingerprint density at radius 1 is 1.05 bits per heavy atom. The van der Waals surface area contributed by atoms with E-state index in [-0.39, 0.29) is 11.6 Å². The van der Waals surface area contributed by atoms with Crippen molar-refractivity contribution < 1.29 is 8.78 Å². The maximum atomic E-state index is 13.9. The van der Waals surface area contributed by atoms with Gasteiger partial charge in [-0.15, -0.1) is 0 Å². The molecule has 0 spiro atoms. The van der Waals surface area contributed by atoms with E-state index in [0.29, 0.717) is 18.4 Å². The molecule has 100 valence electrons. The molecule has 19 heavy (non-hydrogen) atoms. The van der Waals surface area contributed by atoms with Crippen LogP contribution in [0.15, 0.2) is 48.5 Å². The largest absolute Gasteiger partial charge is 0.321 e. The Bertz CT molecular complexity index is 568. The van der Waals surface area contributed by atoms with E-state index in [1.54, 1.807) is 30.3 Å². The van der Waals surface area contributed by atoms with Gasteiger partial charge >= 0.3 is 0 Å². The molecule has 2 aromatic carbocycles. The summed E-state index contributed by atoms with van der Waals surface area (Å²) in [6, 6.07) is 12.8. The van der Waals surface area contributed by atoms with Crippen LogP contribution in [0.3, 0.4) is 0 Å². The minimum absolute atomic E-state index is 0.301. The Hall–Kier alpha value is -1.74. The number of hydrogen-bond acceptors (Lipinski definition) is 1. The highest BCUT2D eigenvalue weighted by molar-refractivity contribution is 5.29. The van der Waals surface area contributed by atoms with E-state index in [1.807, 2.05) is 6.92 Å². The van der Waals surface area contributed by atoms with Gasteiger partial charge in [0, 0.05) is 11.1 Å². The van der Waals surface area contributed by atoms with Crippen LogP contribution in [0, 0.1) is 11.6 Å². The monoisotopic (exact) mass is 261 g/mol. The first-order valence-corrected chi connectivity index (χ1v) is 6.33. The molecule has 0 fully saturated rings. The van der Waals surface area contributed by atoms with E-state index in [9.17, 15) is 8.78 Å². The Kier molecular flexibility index (Phi) is 3.96. The van der Waals surface area contributed by atoms with Gasteiger partial charge in [0.15, 0.2) is 0 Å². The first kappa shape index (κ1) is 13.7. The van der Waals surface area contributed by atoms with Crippen LogP contribution in [0.5, 0.6) is 0 Å². The van der Waals surface area contributed by atoms with E-state index >= 15 is 0 Å².